The van der Waals surface area contributed by atoms with Crippen LogP contribution >= 0.6 is 23.2 Å². The first-order chi connectivity index (χ1) is 8.97. The van der Waals surface area contributed by atoms with Crippen molar-refractivity contribution in [1.29, 1.82) is 0 Å². The van der Waals surface area contributed by atoms with Gasteiger partial charge in [0.25, 0.3) is 0 Å². The monoisotopic (exact) mass is 300 g/mol. The number of carbonyl (C=O) groups excluding carboxylic acids is 1. The molecule has 3 nitrogen and oxygen atoms in total. The molecule has 0 aromatic heterocycles. The van der Waals surface area contributed by atoms with Crippen molar-refractivity contribution < 1.29 is 4.79 Å². The fraction of sp³-hybridized carbons (Fsp3) is 0.500. The second-order valence-electron chi connectivity index (χ2n) is 5.21. The average Bonchev–Trinajstić information content (AvgIpc) is 2.73. The Kier molecular flexibility index (Phi) is 4.71. The van der Waals surface area contributed by atoms with E-state index in [1.165, 1.54) is 0 Å². The van der Waals surface area contributed by atoms with E-state index in [1.54, 1.807) is 11.0 Å². The third-order valence-corrected chi connectivity index (χ3v) is 3.99. The zero-order valence-electron chi connectivity index (χ0n) is 11.1. The van der Waals surface area contributed by atoms with Crippen molar-refractivity contribution in [2.24, 2.45) is 11.8 Å². The number of hydrogen-bond donors (Lipinski definition) is 1. The molecule has 1 aliphatic rings. The van der Waals surface area contributed by atoms with Crippen LogP contribution in [-0.2, 0) is 11.3 Å². The fourth-order valence-electron chi connectivity index (χ4n) is 2.48. The van der Waals surface area contributed by atoms with Gasteiger partial charge in [0, 0.05) is 30.2 Å². The molecule has 0 spiro atoms. The van der Waals surface area contributed by atoms with E-state index in [0.717, 1.165) is 18.7 Å². The summed E-state index contributed by atoms with van der Waals surface area (Å²) in [7, 11) is 1.82. The Morgan fingerprint density at radius 2 is 1.95 bits per heavy atom. The molecule has 2 unspecified atom stereocenters. The van der Waals surface area contributed by atoms with Gasteiger partial charge in [0.1, 0.15) is 0 Å². The summed E-state index contributed by atoms with van der Waals surface area (Å²) in [6.07, 6.45) is 0. The highest BCUT2D eigenvalue weighted by molar-refractivity contribution is 6.34. The lowest BCUT2D eigenvalue weighted by molar-refractivity contribution is -0.135. The van der Waals surface area contributed by atoms with Gasteiger partial charge in [-0.3, -0.25) is 4.79 Å². The SMILES string of the molecule is CC1CNCC1C(=O)N(C)Cc1cc(Cl)cc(Cl)c1. The van der Waals surface area contributed by atoms with Crippen molar-refractivity contribution in [2.45, 2.75) is 13.5 Å². The Morgan fingerprint density at radius 1 is 1.32 bits per heavy atom. The predicted octanol–water partition coefficient (Wildman–Crippen LogP) is 2.81. The molecule has 1 aromatic carbocycles. The molecule has 1 aromatic rings. The third-order valence-electron chi connectivity index (χ3n) is 3.55. The standard InChI is InChI=1S/C14H18Cl2N2O/c1-9-6-17-7-13(9)14(19)18(2)8-10-3-11(15)5-12(16)4-10/h3-5,9,13,17H,6-8H2,1-2H3. The number of rotatable bonds is 3. The molecule has 19 heavy (non-hydrogen) atoms. The minimum atomic E-state index is 0.0691. The van der Waals surface area contributed by atoms with Crippen LogP contribution in [0.3, 0.4) is 0 Å². The Balaban J connectivity index is 2.03. The van der Waals surface area contributed by atoms with Gasteiger partial charge in [0.15, 0.2) is 0 Å². The van der Waals surface area contributed by atoms with Gasteiger partial charge in [-0.05, 0) is 36.2 Å². The minimum absolute atomic E-state index is 0.0691. The molecule has 2 rings (SSSR count). The molecule has 104 valence electrons. The van der Waals surface area contributed by atoms with Gasteiger partial charge in [-0.15, -0.1) is 0 Å². The molecule has 0 bridgehead atoms. The van der Waals surface area contributed by atoms with Gasteiger partial charge >= 0.3 is 0 Å². The maximum atomic E-state index is 12.3. The summed E-state index contributed by atoms with van der Waals surface area (Å²) in [5.41, 5.74) is 0.951. The van der Waals surface area contributed by atoms with Crippen LogP contribution in [0.1, 0.15) is 12.5 Å². The third kappa shape index (κ3) is 3.62. The number of amides is 1. The van der Waals surface area contributed by atoms with Crippen molar-refractivity contribution in [3.8, 4) is 0 Å². The fourth-order valence-corrected chi connectivity index (χ4v) is 3.05. The molecule has 0 saturated carbocycles. The smallest absolute Gasteiger partial charge is 0.227 e. The number of benzene rings is 1. The lowest BCUT2D eigenvalue weighted by Crippen LogP contribution is -2.35. The van der Waals surface area contributed by atoms with E-state index in [1.807, 2.05) is 19.2 Å². The van der Waals surface area contributed by atoms with E-state index in [0.29, 0.717) is 22.5 Å². The number of halogens is 2. The largest absolute Gasteiger partial charge is 0.341 e. The van der Waals surface area contributed by atoms with E-state index >= 15 is 0 Å². The highest BCUT2D eigenvalue weighted by Gasteiger charge is 2.31. The summed E-state index contributed by atoms with van der Waals surface area (Å²) in [4.78, 5) is 14.1. The van der Waals surface area contributed by atoms with Crippen molar-refractivity contribution in [1.82, 2.24) is 10.2 Å². The Labute approximate surface area is 123 Å². The van der Waals surface area contributed by atoms with E-state index in [2.05, 4.69) is 12.2 Å². The predicted molar refractivity (Wildman–Crippen MR) is 78.5 cm³/mol. The summed E-state index contributed by atoms with van der Waals surface area (Å²) in [6, 6.07) is 5.37. The molecular formula is C14H18Cl2N2O. The van der Waals surface area contributed by atoms with Crippen LogP contribution in [0.15, 0.2) is 18.2 Å². The second kappa shape index (κ2) is 6.12. The Bertz CT molecular complexity index is 458. The minimum Gasteiger partial charge on any atom is -0.341 e. The number of carbonyl (C=O) groups is 1. The molecule has 1 aliphatic heterocycles. The second-order valence-corrected chi connectivity index (χ2v) is 6.09. The zero-order valence-corrected chi connectivity index (χ0v) is 12.6. The molecule has 0 aliphatic carbocycles. The highest BCUT2D eigenvalue weighted by atomic mass is 35.5. The zero-order chi connectivity index (χ0) is 14.0. The van der Waals surface area contributed by atoms with Crippen LogP contribution in [0, 0.1) is 11.8 Å². The lowest BCUT2D eigenvalue weighted by atomic mass is 9.96. The van der Waals surface area contributed by atoms with Crippen molar-refractivity contribution in [3.63, 3.8) is 0 Å². The van der Waals surface area contributed by atoms with Gasteiger partial charge < -0.3 is 10.2 Å². The maximum absolute atomic E-state index is 12.3. The van der Waals surface area contributed by atoms with E-state index < -0.39 is 0 Å². The summed E-state index contributed by atoms with van der Waals surface area (Å²) >= 11 is 11.9. The van der Waals surface area contributed by atoms with Crippen LogP contribution < -0.4 is 5.32 Å². The first-order valence-electron chi connectivity index (χ1n) is 6.38. The van der Waals surface area contributed by atoms with Gasteiger partial charge in [0.05, 0.1) is 5.92 Å². The quantitative estimate of drug-likeness (QED) is 0.931. The van der Waals surface area contributed by atoms with Crippen molar-refractivity contribution in [2.75, 3.05) is 20.1 Å². The number of nitrogens with zero attached hydrogens (tertiary/aromatic N) is 1. The molecule has 1 amide bonds. The van der Waals surface area contributed by atoms with Gasteiger partial charge in [-0.25, -0.2) is 0 Å². The summed E-state index contributed by atoms with van der Waals surface area (Å²) in [5.74, 6) is 0.631. The van der Waals surface area contributed by atoms with E-state index in [9.17, 15) is 4.79 Å². The maximum Gasteiger partial charge on any atom is 0.227 e. The molecule has 1 saturated heterocycles. The first kappa shape index (κ1) is 14.6. The molecule has 1 fully saturated rings. The topological polar surface area (TPSA) is 32.3 Å². The molecule has 1 heterocycles. The van der Waals surface area contributed by atoms with Gasteiger partial charge in [-0.1, -0.05) is 30.1 Å². The lowest BCUT2D eigenvalue weighted by Gasteiger charge is -2.23. The van der Waals surface area contributed by atoms with Crippen LogP contribution in [0.25, 0.3) is 0 Å². The van der Waals surface area contributed by atoms with Crippen molar-refractivity contribution >= 4 is 29.1 Å². The summed E-state index contributed by atoms with van der Waals surface area (Å²) in [6.45, 7) is 4.31. The van der Waals surface area contributed by atoms with E-state index in [-0.39, 0.29) is 11.8 Å². The van der Waals surface area contributed by atoms with E-state index in [4.69, 9.17) is 23.2 Å². The number of hydrogen-bond acceptors (Lipinski definition) is 2. The molecule has 1 N–H and O–H groups in total. The molecular weight excluding hydrogens is 283 g/mol. The molecule has 2 atom stereocenters. The first-order valence-corrected chi connectivity index (χ1v) is 7.13. The van der Waals surface area contributed by atoms with Crippen LogP contribution in [0.5, 0.6) is 0 Å². The van der Waals surface area contributed by atoms with Gasteiger partial charge in [-0.2, -0.15) is 0 Å². The van der Waals surface area contributed by atoms with Crippen LogP contribution in [0.2, 0.25) is 10.0 Å². The summed E-state index contributed by atoms with van der Waals surface area (Å²) in [5, 5.41) is 4.44. The average molecular weight is 301 g/mol. The van der Waals surface area contributed by atoms with Crippen LogP contribution in [0.4, 0.5) is 0 Å². The van der Waals surface area contributed by atoms with Crippen molar-refractivity contribution in [3.05, 3.63) is 33.8 Å². The Morgan fingerprint density at radius 3 is 2.47 bits per heavy atom. The van der Waals surface area contributed by atoms with Gasteiger partial charge in [0.2, 0.25) is 5.91 Å². The summed E-state index contributed by atoms with van der Waals surface area (Å²) < 4.78 is 0. The normalized spacial score (nSPS) is 22.5. The molecule has 5 heteroatoms. The highest BCUT2D eigenvalue weighted by Crippen LogP contribution is 2.22. The number of nitrogens with one attached hydrogen (secondary N) is 1. The Hall–Kier alpha value is -0.770. The molecule has 0 radical (unpaired) electrons. The van der Waals surface area contributed by atoms with Crippen LogP contribution in [-0.4, -0.2) is 30.9 Å².